The van der Waals surface area contributed by atoms with Crippen LogP contribution in [-0.4, -0.2) is 31.0 Å². The van der Waals surface area contributed by atoms with Gasteiger partial charge >= 0.3 is 6.61 Å². The van der Waals surface area contributed by atoms with Crippen molar-refractivity contribution in [2.24, 2.45) is 0 Å². The molecule has 0 atom stereocenters. The molecule has 1 aromatic rings. The fraction of sp³-hybridized carbons (Fsp3) is 0.571. The van der Waals surface area contributed by atoms with E-state index in [0.717, 1.165) is 5.56 Å². The van der Waals surface area contributed by atoms with Crippen molar-refractivity contribution in [1.29, 1.82) is 0 Å². The maximum atomic E-state index is 12.2. The number of hydrogen-bond donors (Lipinski definition) is 2. The van der Waals surface area contributed by atoms with E-state index in [0.29, 0.717) is 13.0 Å². The summed E-state index contributed by atoms with van der Waals surface area (Å²) in [5.74, 6) is 0.283. The van der Waals surface area contributed by atoms with Gasteiger partial charge in [-0.2, -0.15) is 8.78 Å². The molecule has 0 unspecified atom stereocenters. The maximum Gasteiger partial charge on any atom is 0.387 e. The Labute approximate surface area is 117 Å². The molecule has 6 heteroatoms. The molecule has 0 saturated heterocycles. The standard InChI is InChI=1S/C14H21F2NO3/c1-14(2,6-7-18)17-9-10-4-5-11(20-13(15)16)12(8-10)19-3/h4-5,8,13,17-18H,6-7,9H2,1-3H3. The van der Waals surface area contributed by atoms with Crippen LogP contribution in [-0.2, 0) is 6.54 Å². The lowest BCUT2D eigenvalue weighted by Gasteiger charge is -2.25. The Morgan fingerprint density at radius 3 is 2.55 bits per heavy atom. The first-order valence-electron chi connectivity index (χ1n) is 6.35. The molecule has 0 aromatic heterocycles. The van der Waals surface area contributed by atoms with Gasteiger partial charge in [-0.3, -0.25) is 0 Å². The predicted octanol–water partition coefficient (Wildman–Crippen LogP) is 2.55. The predicted molar refractivity (Wildman–Crippen MR) is 72.2 cm³/mol. The average Bonchev–Trinajstić information content (AvgIpc) is 2.37. The Balaban J connectivity index is 2.73. The molecule has 0 fully saturated rings. The summed E-state index contributed by atoms with van der Waals surface area (Å²) in [4.78, 5) is 0. The number of methoxy groups -OCH3 is 1. The Morgan fingerprint density at radius 2 is 2.00 bits per heavy atom. The zero-order valence-electron chi connectivity index (χ0n) is 12.0. The smallest absolute Gasteiger partial charge is 0.387 e. The number of halogens is 2. The van der Waals surface area contributed by atoms with Crippen molar-refractivity contribution in [3.05, 3.63) is 23.8 Å². The monoisotopic (exact) mass is 289 g/mol. The van der Waals surface area contributed by atoms with E-state index in [-0.39, 0.29) is 23.6 Å². The molecule has 1 rings (SSSR count). The van der Waals surface area contributed by atoms with Crippen LogP contribution in [0.5, 0.6) is 11.5 Å². The Morgan fingerprint density at radius 1 is 1.30 bits per heavy atom. The summed E-state index contributed by atoms with van der Waals surface area (Å²) in [5, 5.41) is 12.2. The van der Waals surface area contributed by atoms with Crippen molar-refractivity contribution in [3.63, 3.8) is 0 Å². The van der Waals surface area contributed by atoms with Crippen LogP contribution in [0.2, 0.25) is 0 Å². The molecular formula is C14H21F2NO3. The van der Waals surface area contributed by atoms with Gasteiger partial charge in [-0.1, -0.05) is 6.07 Å². The molecule has 0 heterocycles. The van der Waals surface area contributed by atoms with Gasteiger partial charge in [0, 0.05) is 18.7 Å². The quantitative estimate of drug-likeness (QED) is 0.772. The molecule has 0 bridgehead atoms. The summed E-state index contributed by atoms with van der Waals surface area (Å²) in [6, 6.07) is 4.81. The molecule has 0 amide bonds. The van der Waals surface area contributed by atoms with Gasteiger partial charge in [-0.25, -0.2) is 0 Å². The molecule has 0 radical (unpaired) electrons. The third kappa shape index (κ3) is 5.30. The van der Waals surface area contributed by atoms with Gasteiger partial charge in [0.25, 0.3) is 0 Å². The molecule has 0 aliphatic heterocycles. The fourth-order valence-electron chi connectivity index (χ4n) is 1.72. The lowest BCUT2D eigenvalue weighted by atomic mass is 10.0. The van der Waals surface area contributed by atoms with Crippen LogP contribution < -0.4 is 14.8 Å². The lowest BCUT2D eigenvalue weighted by Crippen LogP contribution is -2.39. The molecule has 114 valence electrons. The van der Waals surface area contributed by atoms with E-state index in [9.17, 15) is 8.78 Å². The second-order valence-corrected chi connectivity index (χ2v) is 5.07. The van der Waals surface area contributed by atoms with E-state index in [4.69, 9.17) is 9.84 Å². The van der Waals surface area contributed by atoms with E-state index in [1.807, 2.05) is 13.8 Å². The zero-order chi connectivity index (χ0) is 15.2. The lowest BCUT2D eigenvalue weighted by molar-refractivity contribution is -0.0512. The number of ether oxygens (including phenoxy) is 2. The van der Waals surface area contributed by atoms with Crippen LogP contribution in [0.25, 0.3) is 0 Å². The summed E-state index contributed by atoms with van der Waals surface area (Å²) in [7, 11) is 1.40. The number of nitrogens with one attached hydrogen (secondary N) is 1. The van der Waals surface area contributed by atoms with E-state index < -0.39 is 6.61 Å². The van der Waals surface area contributed by atoms with Gasteiger partial charge in [-0.15, -0.1) is 0 Å². The maximum absolute atomic E-state index is 12.2. The van der Waals surface area contributed by atoms with Gasteiger partial charge in [-0.05, 0) is 38.0 Å². The normalized spacial score (nSPS) is 11.8. The Kier molecular flexibility index (Phi) is 6.16. The van der Waals surface area contributed by atoms with Gasteiger partial charge in [0.2, 0.25) is 0 Å². The highest BCUT2D eigenvalue weighted by molar-refractivity contribution is 5.43. The highest BCUT2D eigenvalue weighted by Crippen LogP contribution is 2.29. The third-order valence-corrected chi connectivity index (χ3v) is 2.95. The van der Waals surface area contributed by atoms with Crippen molar-refractivity contribution in [3.8, 4) is 11.5 Å². The summed E-state index contributed by atoms with van der Waals surface area (Å²) in [6.07, 6.45) is 0.622. The second-order valence-electron chi connectivity index (χ2n) is 5.07. The van der Waals surface area contributed by atoms with E-state index >= 15 is 0 Å². The number of benzene rings is 1. The van der Waals surface area contributed by atoms with Gasteiger partial charge in [0.1, 0.15) is 0 Å². The first kappa shape index (κ1) is 16.7. The largest absolute Gasteiger partial charge is 0.493 e. The van der Waals surface area contributed by atoms with Crippen LogP contribution in [0.4, 0.5) is 8.78 Å². The number of aliphatic hydroxyl groups is 1. The second kappa shape index (κ2) is 7.40. The van der Waals surface area contributed by atoms with Crippen molar-refractivity contribution >= 4 is 0 Å². The highest BCUT2D eigenvalue weighted by atomic mass is 19.3. The number of alkyl halides is 2. The SMILES string of the molecule is COc1cc(CNC(C)(C)CCO)ccc1OC(F)F. The van der Waals surface area contributed by atoms with Gasteiger partial charge in [0.05, 0.1) is 7.11 Å². The minimum Gasteiger partial charge on any atom is -0.493 e. The van der Waals surface area contributed by atoms with E-state index in [2.05, 4.69) is 10.1 Å². The molecule has 0 aliphatic rings. The van der Waals surface area contributed by atoms with Crippen LogP contribution >= 0.6 is 0 Å². The Bertz CT molecular complexity index is 425. The molecule has 4 nitrogen and oxygen atoms in total. The number of aliphatic hydroxyl groups excluding tert-OH is 1. The first-order chi connectivity index (χ1) is 9.38. The first-order valence-corrected chi connectivity index (χ1v) is 6.35. The highest BCUT2D eigenvalue weighted by Gasteiger charge is 2.16. The Hall–Kier alpha value is -1.40. The average molecular weight is 289 g/mol. The zero-order valence-corrected chi connectivity index (χ0v) is 12.0. The van der Waals surface area contributed by atoms with Gasteiger partial charge in [0.15, 0.2) is 11.5 Å². The number of hydrogen-bond acceptors (Lipinski definition) is 4. The van der Waals surface area contributed by atoms with Crippen LogP contribution in [0.1, 0.15) is 25.8 Å². The fourth-order valence-corrected chi connectivity index (χ4v) is 1.72. The summed E-state index contributed by atoms with van der Waals surface area (Å²) in [6.45, 7) is 1.73. The molecule has 2 N–H and O–H groups in total. The summed E-state index contributed by atoms with van der Waals surface area (Å²) >= 11 is 0. The molecule has 0 spiro atoms. The van der Waals surface area contributed by atoms with Crippen molar-refractivity contribution < 1.29 is 23.4 Å². The molecule has 1 aromatic carbocycles. The molecular weight excluding hydrogens is 268 g/mol. The van der Waals surface area contributed by atoms with Crippen molar-refractivity contribution in [2.45, 2.75) is 39.0 Å². The van der Waals surface area contributed by atoms with E-state index in [1.54, 1.807) is 12.1 Å². The minimum absolute atomic E-state index is 0.0147. The van der Waals surface area contributed by atoms with Crippen LogP contribution in [0.3, 0.4) is 0 Å². The molecule has 0 saturated carbocycles. The van der Waals surface area contributed by atoms with Gasteiger partial charge < -0.3 is 19.9 Å². The topological polar surface area (TPSA) is 50.7 Å². The molecule has 20 heavy (non-hydrogen) atoms. The summed E-state index contributed by atoms with van der Waals surface area (Å²) < 4.78 is 33.8. The van der Waals surface area contributed by atoms with Crippen LogP contribution in [0, 0.1) is 0 Å². The summed E-state index contributed by atoms with van der Waals surface area (Å²) in [5.41, 5.74) is 0.676. The van der Waals surface area contributed by atoms with Crippen molar-refractivity contribution in [1.82, 2.24) is 5.32 Å². The van der Waals surface area contributed by atoms with Crippen molar-refractivity contribution in [2.75, 3.05) is 13.7 Å². The van der Waals surface area contributed by atoms with Crippen LogP contribution in [0.15, 0.2) is 18.2 Å². The minimum atomic E-state index is -2.88. The number of rotatable bonds is 8. The molecule has 0 aliphatic carbocycles. The van der Waals surface area contributed by atoms with E-state index in [1.165, 1.54) is 13.2 Å². The third-order valence-electron chi connectivity index (χ3n) is 2.95.